The van der Waals surface area contributed by atoms with Crippen LogP contribution in [0.1, 0.15) is 48.8 Å². The molecular weight excluding hydrogens is 296 g/mol. The molecule has 124 valence electrons. The zero-order valence-corrected chi connectivity index (χ0v) is 14.5. The SMILES string of the molecule is Cc1ccc(C)c(CC(=O)NC(CN)C2CCCCC2)c1.Cl. The zero-order valence-electron chi connectivity index (χ0n) is 13.7. The van der Waals surface area contributed by atoms with Gasteiger partial charge in [-0.3, -0.25) is 4.79 Å². The lowest BCUT2D eigenvalue weighted by Gasteiger charge is -2.30. The van der Waals surface area contributed by atoms with Gasteiger partial charge in [-0.2, -0.15) is 0 Å². The fourth-order valence-electron chi connectivity index (χ4n) is 3.33. The summed E-state index contributed by atoms with van der Waals surface area (Å²) in [6.07, 6.45) is 6.72. The van der Waals surface area contributed by atoms with Gasteiger partial charge in [-0.05, 0) is 43.7 Å². The van der Waals surface area contributed by atoms with Crippen molar-refractivity contribution in [3.05, 3.63) is 34.9 Å². The average molecular weight is 325 g/mol. The Balaban J connectivity index is 0.00000242. The molecule has 1 atom stereocenters. The van der Waals surface area contributed by atoms with Crippen LogP contribution in [0.2, 0.25) is 0 Å². The van der Waals surface area contributed by atoms with E-state index in [1.165, 1.54) is 43.2 Å². The van der Waals surface area contributed by atoms with Crippen molar-refractivity contribution in [2.75, 3.05) is 6.54 Å². The van der Waals surface area contributed by atoms with Gasteiger partial charge < -0.3 is 11.1 Å². The highest BCUT2D eigenvalue weighted by Crippen LogP contribution is 2.26. The Bertz CT molecular complexity index is 484. The third kappa shape index (κ3) is 5.29. The van der Waals surface area contributed by atoms with E-state index in [1.807, 2.05) is 0 Å². The van der Waals surface area contributed by atoms with E-state index in [2.05, 4.69) is 37.4 Å². The predicted molar refractivity (Wildman–Crippen MR) is 94.4 cm³/mol. The molecule has 1 aromatic rings. The van der Waals surface area contributed by atoms with Crippen LogP contribution < -0.4 is 11.1 Å². The molecule has 0 heterocycles. The number of nitrogens with two attached hydrogens (primary N) is 1. The van der Waals surface area contributed by atoms with Gasteiger partial charge >= 0.3 is 0 Å². The molecule has 4 heteroatoms. The molecule has 1 aliphatic rings. The highest BCUT2D eigenvalue weighted by Gasteiger charge is 2.24. The minimum atomic E-state index is 0. The van der Waals surface area contributed by atoms with Gasteiger partial charge in [0.25, 0.3) is 0 Å². The molecule has 1 amide bonds. The number of rotatable bonds is 5. The first-order chi connectivity index (χ1) is 10.1. The standard InChI is InChI=1S/C18H28N2O.ClH/c1-13-8-9-14(2)16(10-13)11-18(21)20-17(12-19)15-6-4-3-5-7-15;/h8-10,15,17H,3-7,11-12,19H2,1-2H3,(H,20,21);1H. The van der Waals surface area contributed by atoms with E-state index in [4.69, 9.17) is 5.73 Å². The van der Waals surface area contributed by atoms with E-state index in [-0.39, 0.29) is 24.4 Å². The summed E-state index contributed by atoms with van der Waals surface area (Å²) in [4.78, 5) is 12.3. The molecule has 3 N–H and O–H groups in total. The second-order valence-electron chi connectivity index (χ2n) is 6.41. The van der Waals surface area contributed by atoms with Crippen molar-refractivity contribution in [3.8, 4) is 0 Å². The Labute approximate surface area is 140 Å². The zero-order chi connectivity index (χ0) is 15.2. The monoisotopic (exact) mass is 324 g/mol. The van der Waals surface area contributed by atoms with Crippen molar-refractivity contribution in [3.63, 3.8) is 0 Å². The van der Waals surface area contributed by atoms with Crippen LogP contribution in [0.5, 0.6) is 0 Å². The second-order valence-corrected chi connectivity index (χ2v) is 6.41. The predicted octanol–water partition coefficient (Wildman–Crippen LogP) is 3.29. The molecule has 0 radical (unpaired) electrons. The molecule has 1 saturated carbocycles. The van der Waals surface area contributed by atoms with Gasteiger partial charge in [0.2, 0.25) is 5.91 Å². The number of aryl methyl sites for hydroxylation is 2. The van der Waals surface area contributed by atoms with E-state index in [9.17, 15) is 4.79 Å². The first-order valence-electron chi connectivity index (χ1n) is 8.15. The maximum atomic E-state index is 12.3. The summed E-state index contributed by atoms with van der Waals surface area (Å²) in [7, 11) is 0. The van der Waals surface area contributed by atoms with Crippen LogP contribution in [0.4, 0.5) is 0 Å². The fraction of sp³-hybridized carbons (Fsp3) is 0.611. The van der Waals surface area contributed by atoms with Gasteiger partial charge in [0, 0.05) is 12.6 Å². The number of halogens is 1. The summed E-state index contributed by atoms with van der Waals surface area (Å²) in [5.41, 5.74) is 9.38. The fourth-order valence-corrected chi connectivity index (χ4v) is 3.33. The van der Waals surface area contributed by atoms with Gasteiger partial charge in [0.05, 0.1) is 6.42 Å². The summed E-state index contributed by atoms with van der Waals surface area (Å²) in [6.45, 7) is 4.67. The van der Waals surface area contributed by atoms with Crippen molar-refractivity contribution < 1.29 is 4.79 Å². The van der Waals surface area contributed by atoms with Crippen molar-refractivity contribution in [2.45, 2.75) is 58.4 Å². The molecular formula is C18H29ClN2O. The first kappa shape index (κ1) is 19.0. The van der Waals surface area contributed by atoms with Crippen molar-refractivity contribution in [1.29, 1.82) is 0 Å². The van der Waals surface area contributed by atoms with Crippen molar-refractivity contribution in [1.82, 2.24) is 5.32 Å². The van der Waals surface area contributed by atoms with E-state index < -0.39 is 0 Å². The van der Waals surface area contributed by atoms with E-state index in [0.717, 1.165) is 5.56 Å². The van der Waals surface area contributed by atoms with E-state index >= 15 is 0 Å². The molecule has 2 rings (SSSR count). The van der Waals surface area contributed by atoms with Gasteiger partial charge in [-0.1, -0.05) is 43.0 Å². The second kappa shape index (κ2) is 9.16. The molecule has 1 unspecified atom stereocenters. The van der Waals surface area contributed by atoms with Gasteiger partial charge in [0.1, 0.15) is 0 Å². The number of nitrogens with one attached hydrogen (secondary N) is 1. The van der Waals surface area contributed by atoms with E-state index in [1.54, 1.807) is 0 Å². The Kier molecular flexibility index (Phi) is 7.91. The first-order valence-corrected chi connectivity index (χ1v) is 8.15. The molecule has 0 aliphatic heterocycles. The van der Waals surface area contributed by atoms with Crippen LogP contribution in [0.15, 0.2) is 18.2 Å². The van der Waals surface area contributed by atoms with Gasteiger partial charge in [0.15, 0.2) is 0 Å². The Hall–Kier alpha value is -1.06. The molecule has 0 bridgehead atoms. The van der Waals surface area contributed by atoms with Crippen LogP contribution >= 0.6 is 12.4 Å². The lowest BCUT2D eigenvalue weighted by Crippen LogP contribution is -2.46. The minimum absolute atomic E-state index is 0. The molecule has 1 aromatic carbocycles. The Morgan fingerprint density at radius 2 is 1.95 bits per heavy atom. The van der Waals surface area contributed by atoms with Crippen LogP contribution in [0.25, 0.3) is 0 Å². The number of carbonyl (C=O) groups excluding carboxylic acids is 1. The smallest absolute Gasteiger partial charge is 0.224 e. The lowest BCUT2D eigenvalue weighted by molar-refractivity contribution is -0.121. The highest BCUT2D eigenvalue weighted by atomic mass is 35.5. The number of hydrogen-bond acceptors (Lipinski definition) is 2. The number of hydrogen-bond donors (Lipinski definition) is 2. The van der Waals surface area contributed by atoms with Crippen LogP contribution in [-0.4, -0.2) is 18.5 Å². The minimum Gasteiger partial charge on any atom is -0.352 e. The van der Waals surface area contributed by atoms with Crippen molar-refractivity contribution >= 4 is 18.3 Å². The van der Waals surface area contributed by atoms with Crippen LogP contribution in [-0.2, 0) is 11.2 Å². The summed E-state index contributed by atoms with van der Waals surface area (Å²) in [6, 6.07) is 6.41. The van der Waals surface area contributed by atoms with Gasteiger partial charge in [-0.25, -0.2) is 0 Å². The molecule has 1 fully saturated rings. The summed E-state index contributed by atoms with van der Waals surface area (Å²) in [5, 5.41) is 3.17. The lowest BCUT2D eigenvalue weighted by atomic mass is 9.84. The number of amides is 1. The quantitative estimate of drug-likeness (QED) is 0.873. The van der Waals surface area contributed by atoms with Gasteiger partial charge in [-0.15, -0.1) is 12.4 Å². The van der Waals surface area contributed by atoms with E-state index in [0.29, 0.717) is 18.9 Å². The molecule has 0 spiro atoms. The maximum absolute atomic E-state index is 12.3. The summed E-state index contributed by atoms with van der Waals surface area (Å²) < 4.78 is 0. The molecule has 0 saturated heterocycles. The summed E-state index contributed by atoms with van der Waals surface area (Å²) in [5.74, 6) is 0.663. The van der Waals surface area contributed by atoms with Crippen LogP contribution in [0, 0.1) is 19.8 Å². The topological polar surface area (TPSA) is 55.1 Å². The third-order valence-corrected chi connectivity index (χ3v) is 4.67. The highest BCUT2D eigenvalue weighted by molar-refractivity contribution is 5.85. The van der Waals surface area contributed by atoms with Crippen molar-refractivity contribution in [2.24, 2.45) is 11.7 Å². The third-order valence-electron chi connectivity index (χ3n) is 4.67. The Morgan fingerprint density at radius 1 is 1.27 bits per heavy atom. The average Bonchev–Trinajstić information content (AvgIpc) is 2.49. The largest absolute Gasteiger partial charge is 0.352 e. The Morgan fingerprint density at radius 3 is 2.59 bits per heavy atom. The van der Waals surface area contributed by atoms with Crippen LogP contribution in [0.3, 0.4) is 0 Å². The normalized spacial score (nSPS) is 16.7. The molecule has 3 nitrogen and oxygen atoms in total. The molecule has 1 aliphatic carbocycles. The molecule has 0 aromatic heterocycles. The number of benzene rings is 1. The summed E-state index contributed by atoms with van der Waals surface area (Å²) >= 11 is 0. The maximum Gasteiger partial charge on any atom is 0.224 e. The number of carbonyl (C=O) groups is 1. The molecule has 22 heavy (non-hydrogen) atoms.